The van der Waals surface area contributed by atoms with E-state index in [0.29, 0.717) is 5.69 Å². The molecule has 0 fully saturated rings. The van der Waals surface area contributed by atoms with E-state index in [0.717, 1.165) is 11.3 Å². The third-order valence-corrected chi connectivity index (χ3v) is 3.66. The lowest BCUT2D eigenvalue weighted by Crippen LogP contribution is -2.48. The Morgan fingerprint density at radius 3 is 2.48 bits per heavy atom. The summed E-state index contributed by atoms with van der Waals surface area (Å²) in [7, 11) is 0. The van der Waals surface area contributed by atoms with Gasteiger partial charge in [-0.05, 0) is 38.5 Å². The summed E-state index contributed by atoms with van der Waals surface area (Å²) in [6.45, 7) is 5.43. The van der Waals surface area contributed by atoms with Gasteiger partial charge in [0.1, 0.15) is 6.54 Å². The molecule has 0 atom stereocenters. The van der Waals surface area contributed by atoms with Gasteiger partial charge in [-0.15, -0.1) is 0 Å². The van der Waals surface area contributed by atoms with E-state index in [4.69, 9.17) is 5.73 Å². The van der Waals surface area contributed by atoms with Gasteiger partial charge in [0.15, 0.2) is 0 Å². The summed E-state index contributed by atoms with van der Waals surface area (Å²) in [5.74, 6) is -1.30. The van der Waals surface area contributed by atoms with Gasteiger partial charge in [-0.2, -0.15) is 0 Å². The average Bonchev–Trinajstić information content (AvgIpc) is 2.63. The number of hydrogen-bond acceptors (Lipinski definition) is 4. The summed E-state index contributed by atoms with van der Waals surface area (Å²) in [5.41, 5.74) is 6.20. The van der Waals surface area contributed by atoms with E-state index in [1.54, 1.807) is 6.07 Å². The van der Waals surface area contributed by atoms with Crippen LogP contribution in [-0.4, -0.2) is 34.7 Å². The number of carbonyl (C=O) groups is 3. The van der Waals surface area contributed by atoms with Gasteiger partial charge in [0.2, 0.25) is 5.91 Å². The minimum absolute atomic E-state index is 0.252. The zero-order chi connectivity index (χ0) is 15.8. The number of nitrogens with two attached hydrogens (primary N) is 1. The first-order valence-electron chi connectivity index (χ1n) is 6.82. The number of fused-ring (bicyclic) bond motifs is 1. The highest BCUT2D eigenvalue weighted by atomic mass is 16.2. The van der Waals surface area contributed by atoms with Crippen LogP contribution in [0.4, 0.5) is 5.69 Å². The second kappa shape index (κ2) is 5.20. The molecule has 0 saturated heterocycles. The van der Waals surface area contributed by atoms with E-state index in [2.05, 4.69) is 5.32 Å². The van der Waals surface area contributed by atoms with Gasteiger partial charge in [0.05, 0.1) is 11.1 Å². The minimum atomic E-state index is -0.480. The molecule has 0 bridgehead atoms. The van der Waals surface area contributed by atoms with Gasteiger partial charge in [0, 0.05) is 11.2 Å². The zero-order valence-electron chi connectivity index (χ0n) is 12.4. The van der Waals surface area contributed by atoms with E-state index >= 15 is 0 Å². The second-order valence-corrected chi connectivity index (χ2v) is 5.79. The van der Waals surface area contributed by atoms with Gasteiger partial charge >= 0.3 is 0 Å². The van der Waals surface area contributed by atoms with Crippen molar-refractivity contribution >= 4 is 23.4 Å². The number of rotatable bonds is 4. The van der Waals surface area contributed by atoms with Crippen molar-refractivity contribution in [2.24, 2.45) is 0 Å². The van der Waals surface area contributed by atoms with Gasteiger partial charge < -0.3 is 11.1 Å². The molecule has 112 valence electrons. The van der Waals surface area contributed by atoms with E-state index in [1.165, 1.54) is 12.1 Å². The van der Waals surface area contributed by atoms with E-state index < -0.39 is 11.8 Å². The number of hydrogen-bond donors (Lipinski definition) is 2. The third kappa shape index (κ3) is 2.89. The van der Waals surface area contributed by atoms with Gasteiger partial charge in [0.25, 0.3) is 11.8 Å². The number of nitrogen functional groups attached to an aromatic ring is 1. The lowest BCUT2D eigenvalue weighted by molar-refractivity contribution is -0.123. The number of benzene rings is 1. The van der Waals surface area contributed by atoms with Crippen molar-refractivity contribution in [1.29, 1.82) is 0 Å². The highest BCUT2D eigenvalue weighted by molar-refractivity contribution is 6.22. The van der Waals surface area contributed by atoms with Crippen LogP contribution in [0.5, 0.6) is 0 Å². The molecule has 0 saturated carbocycles. The van der Waals surface area contributed by atoms with Crippen LogP contribution in [0.2, 0.25) is 0 Å². The van der Waals surface area contributed by atoms with Crippen LogP contribution in [0.1, 0.15) is 47.9 Å². The molecule has 1 aromatic rings. The van der Waals surface area contributed by atoms with Crippen LogP contribution in [0, 0.1) is 0 Å². The Balaban J connectivity index is 2.15. The van der Waals surface area contributed by atoms with Gasteiger partial charge in [-0.3, -0.25) is 19.3 Å². The molecule has 1 aromatic carbocycles. The maximum absolute atomic E-state index is 12.2. The van der Waals surface area contributed by atoms with E-state index in [9.17, 15) is 14.4 Å². The Hall–Kier alpha value is -2.37. The number of imide groups is 1. The molecule has 1 aliphatic heterocycles. The topological polar surface area (TPSA) is 92.5 Å². The van der Waals surface area contributed by atoms with Crippen molar-refractivity contribution in [2.45, 2.75) is 32.7 Å². The zero-order valence-corrected chi connectivity index (χ0v) is 12.4. The molecule has 1 heterocycles. The molecule has 6 nitrogen and oxygen atoms in total. The van der Waals surface area contributed by atoms with Crippen molar-refractivity contribution in [3.8, 4) is 0 Å². The van der Waals surface area contributed by atoms with Crippen LogP contribution in [0.3, 0.4) is 0 Å². The molecule has 21 heavy (non-hydrogen) atoms. The molecule has 0 radical (unpaired) electrons. The van der Waals surface area contributed by atoms with E-state index in [1.807, 2.05) is 20.8 Å². The van der Waals surface area contributed by atoms with Crippen molar-refractivity contribution in [3.63, 3.8) is 0 Å². The monoisotopic (exact) mass is 289 g/mol. The van der Waals surface area contributed by atoms with Crippen LogP contribution in [0.25, 0.3) is 0 Å². The lowest BCUT2D eigenvalue weighted by Gasteiger charge is -2.25. The Labute approximate surface area is 123 Å². The van der Waals surface area contributed by atoms with Crippen molar-refractivity contribution in [2.75, 3.05) is 12.3 Å². The third-order valence-electron chi connectivity index (χ3n) is 3.66. The largest absolute Gasteiger partial charge is 0.399 e. The highest BCUT2D eigenvalue weighted by Gasteiger charge is 2.37. The fourth-order valence-electron chi connectivity index (χ4n) is 2.10. The first kappa shape index (κ1) is 15.0. The van der Waals surface area contributed by atoms with Crippen molar-refractivity contribution < 1.29 is 14.4 Å². The maximum atomic E-state index is 12.2. The van der Waals surface area contributed by atoms with Crippen LogP contribution >= 0.6 is 0 Å². The Bertz CT molecular complexity index is 623. The lowest BCUT2D eigenvalue weighted by atomic mass is 10.0. The molecule has 3 N–H and O–H groups in total. The number of amides is 3. The predicted octanol–water partition coefficient (Wildman–Crippen LogP) is 1.17. The molecule has 1 aliphatic rings. The Kier molecular flexibility index (Phi) is 3.72. The van der Waals surface area contributed by atoms with E-state index in [-0.39, 0.29) is 29.1 Å². The summed E-state index contributed by atoms with van der Waals surface area (Å²) in [5, 5.41) is 2.80. The van der Waals surface area contributed by atoms with Crippen LogP contribution < -0.4 is 11.1 Å². The molecule has 3 amide bonds. The first-order chi connectivity index (χ1) is 9.75. The molecule has 0 aromatic heterocycles. The van der Waals surface area contributed by atoms with Crippen LogP contribution in [0.15, 0.2) is 18.2 Å². The summed E-state index contributed by atoms with van der Waals surface area (Å²) in [6, 6.07) is 4.54. The molecule has 6 heteroatoms. The molecule has 2 rings (SSSR count). The van der Waals surface area contributed by atoms with Crippen molar-refractivity contribution in [3.05, 3.63) is 29.3 Å². The second-order valence-electron chi connectivity index (χ2n) is 5.79. The number of nitrogens with zero attached hydrogens (tertiary/aromatic N) is 1. The molecular formula is C15H19N3O3. The van der Waals surface area contributed by atoms with Gasteiger partial charge in [-0.1, -0.05) is 6.92 Å². The first-order valence-corrected chi connectivity index (χ1v) is 6.82. The minimum Gasteiger partial charge on any atom is -0.399 e. The summed E-state index contributed by atoms with van der Waals surface area (Å²) in [6.07, 6.45) is 0.747. The predicted molar refractivity (Wildman–Crippen MR) is 78.7 cm³/mol. The summed E-state index contributed by atoms with van der Waals surface area (Å²) < 4.78 is 0. The fourth-order valence-corrected chi connectivity index (χ4v) is 2.10. The Morgan fingerprint density at radius 2 is 1.86 bits per heavy atom. The normalized spacial score (nSPS) is 14.3. The number of nitrogens with one attached hydrogen (secondary N) is 1. The molecular weight excluding hydrogens is 270 g/mol. The smallest absolute Gasteiger partial charge is 0.262 e. The SMILES string of the molecule is CCC(C)(C)NC(=O)CN1C(=O)c2ccc(N)cc2C1=O. The molecule has 0 spiro atoms. The van der Waals surface area contributed by atoms with Crippen LogP contribution in [-0.2, 0) is 4.79 Å². The molecule has 0 aliphatic carbocycles. The quantitative estimate of drug-likeness (QED) is 0.643. The maximum Gasteiger partial charge on any atom is 0.262 e. The highest BCUT2D eigenvalue weighted by Crippen LogP contribution is 2.24. The summed E-state index contributed by atoms with van der Waals surface area (Å²) in [4.78, 5) is 37.3. The molecule has 0 unspecified atom stereocenters. The van der Waals surface area contributed by atoms with Gasteiger partial charge in [-0.25, -0.2) is 0 Å². The average molecular weight is 289 g/mol. The summed E-state index contributed by atoms with van der Waals surface area (Å²) >= 11 is 0. The van der Waals surface area contributed by atoms with Crippen molar-refractivity contribution in [1.82, 2.24) is 10.2 Å². The number of anilines is 1. The fraction of sp³-hybridized carbons (Fsp3) is 0.400. The Morgan fingerprint density at radius 1 is 1.24 bits per heavy atom. The number of carbonyl (C=O) groups excluding carboxylic acids is 3. The standard InChI is InChI=1S/C15H19N3O3/c1-4-15(2,3)17-12(19)8-18-13(20)10-6-5-9(16)7-11(10)14(18)21/h5-7H,4,8,16H2,1-3H3,(H,17,19).